The Hall–Kier alpha value is -2.53. The van der Waals surface area contributed by atoms with E-state index >= 15 is 0 Å². The number of hydrogen-bond acceptors (Lipinski definition) is 4. The van der Waals surface area contributed by atoms with Gasteiger partial charge >= 0.3 is 0 Å². The van der Waals surface area contributed by atoms with E-state index in [1.165, 1.54) is 5.56 Å². The monoisotopic (exact) mass is 381 g/mol. The molecule has 0 unspecified atom stereocenters. The van der Waals surface area contributed by atoms with Gasteiger partial charge in [-0.3, -0.25) is 4.79 Å². The van der Waals surface area contributed by atoms with Gasteiger partial charge in [0.25, 0.3) is 5.91 Å². The molecule has 2 aromatic carbocycles. The van der Waals surface area contributed by atoms with Crippen LogP contribution in [0.3, 0.4) is 0 Å². The van der Waals surface area contributed by atoms with Gasteiger partial charge in [0.1, 0.15) is 5.75 Å². The van der Waals surface area contributed by atoms with Crippen molar-refractivity contribution in [2.24, 2.45) is 0 Å². The van der Waals surface area contributed by atoms with Gasteiger partial charge < -0.3 is 19.9 Å². The molecule has 1 N–H and O–H groups in total. The van der Waals surface area contributed by atoms with E-state index in [0.717, 1.165) is 49.8 Å². The molecule has 0 spiro atoms. The van der Waals surface area contributed by atoms with Crippen LogP contribution in [0.15, 0.2) is 48.5 Å². The Bertz CT molecular complexity index is 783. The zero-order valence-electron chi connectivity index (χ0n) is 17.1. The van der Waals surface area contributed by atoms with Gasteiger partial charge in [-0.05, 0) is 42.3 Å². The molecule has 0 saturated carbocycles. The van der Waals surface area contributed by atoms with E-state index in [4.69, 9.17) is 4.74 Å². The normalized spacial score (nSPS) is 14.9. The third kappa shape index (κ3) is 5.26. The molecule has 1 amide bonds. The van der Waals surface area contributed by atoms with Gasteiger partial charge in [0, 0.05) is 26.2 Å². The number of para-hydroxylation sites is 2. The fraction of sp³-hybridized carbons (Fsp3) is 0.435. The Morgan fingerprint density at radius 2 is 1.82 bits per heavy atom. The van der Waals surface area contributed by atoms with Crippen molar-refractivity contribution < 1.29 is 9.53 Å². The van der Waals surface area contributed by atoms with E-state index in [1.807, 2.05) is 36.4 Å². The highest BCUT2D eigenvalue weighted by molar-refractivity contribution is 5.95. The van der Waals surface area contributed by atoms with Crippen LogP contribution in [0.25, 0.3) is 0 Å². The Morgan fingerprint density at radius 1 is 1.07 bits per heavy atom. The molecular weight excluding hydrogens is 350 g/mol. The lowest BCUT2D eigenvalue weighted by molar-refractivity contribution is -0.118. The van der Waals surface area contributed by atoms with Crippen molar-refractivity contribution in [2.75, 3.05) is 49.5 Å². The minimum Gasteiger partial charge on any atom is -0.484 e. The summed E-state index contributed by atoms with van der Waals surface area (Å²) in [5, 5.41) is 3.02. The van der Waals surface area contributed by atoms with Crippen LogP contribution in [-0.4, -0.2) is 50.1 Å². The van der Waals surface area contributed by atoms with Gasteiger partial charge in [-0.1, -0.05) is 45.0 Å². The van der Waals surface area contributed by atoms with Gasteiger partial charge in [0.05, 0.1) is 11.4 Å². The first-order valence-electron chi connectivity index (χ1n) is 10.2. The Labute approximate surface area is 168 Å². The largest absolute Gasteiger partial charge is 0.484 e. The maximum Gasteiger partial charge on any atom is 0.262 e. The van der Waals surface area contributed by atoms with Gasteiger partial charge in [-0.15, -0.1) is 0 Å². The van der Waals surface area contributed by atoms with E-state index < -0.39 is 0 Å². The molecule has 0 aliphatic carbocycles. The number of benzene rings is 2. The lowest BCUT2D eigenvalue weighted by atomic mass is 10.0. The van der Waals surface area contributed by atoms with Crippen LogP contribution < -0.4 is 15.0 Å². The third-order valence-corrected chi connectivity index (χ3v) is 5.23. The van der Waals surface area contributed by atoms with Crippen molar-refractivity contribution in [1.29, 1.82) is 0 Å². The Balaban J connectivity index is 1.59. The predicted molar refractivity (Wildman–Crippen MR) is 115 cm³/mol. The molecule has 1 saturated heterocycles. The van der Waals surface area contributed by atoms with Gasteiger partial charge in [0.2, 0.25) is 0 Å². The summed E-state index contributed by atoms with van der Waals surface area (Å²) >= 11 is 0. The topological polar surface area (TPSA) is 44.8 Å². The highest BCUT2D eigenvalue weighted by atomic mass is 16.5. The van der Waals surface area contributed by atoms with Crippen LogP contribution in [0.4, 0.5) is 11.4 Å². The molecule has 1 aliphatic rings. The second-order valence-corrected chi connectivity index (χ2v) is 7.50. The number of amides is 1. The second kappa shape index (κ2) is 9.60. The van der Waals surface area contributed by atoms with E-state index in [-0.39, 0.29) is 12.5 Å². The van der Waals surface area contributed by atoms with E-state index in [2.05, 4.69) is 48.0 Å². The average molecular weight is 382 g/mol. The van der Waals surface area contributed by atoms with Gasteiger partial charge in [0.15, 0.2) is 6.61 Å². The second-order valence-electron chi connectivity index (χ2n) is 7.50. The van der Waals surface area contributed by atoms with Crippen molar-refractivity contribution in [3.63, 3.8) is 0 Å². The molecule has 3 rings (SSSR count). The summed E-state index contributed by atoms with van der Waals surface area (Å²) in [6, 6.07) is 15.9. The molecule has 2 aromatic rings. The van der Waals surface area contributed by atoms with Crippen LogP contribution in [0.5, 0.6) is 5.75 Å². The van der Waals surface area contributed by atoms with Crippen molar-refractivity contribution in [3.8, 4) is 5.75 Å². The highest BCUT2D eigenvalue weighted by Gasteiger charge is 2.18. The zero-order chi connectivity index (χ0) is 19.9. The average Bonchev–Trinajstić information content (AvgIpc) is 2.73. The number of carbonyl (C=O) groups excluding carboxylic acids is 1. The molecule has 0 bridgehead atoms. The number of nitrogens with one attached hydrogen (secondary N) is 1. The summed E-state index contributed by atoms with van der Waals surface area (Å²) in [5.74, 6) is 1.01. The molecule has 0 aromatic heterocycles. The zero-order valence-corrected chi connectivity index (χ0v) is 17.1. The summed E-state index contributed by atoms with van der Waals surface area (Å²) in [7, 11) is 0. The molecule has 150 valence electrons. The van der Waals surface area contributed by atoms with Crippen molar-refractivity contribution in [1.82, 2.24) is 4.90 Å². The van der Waals surface area contributed by atoms with Crippen LogP contribution in [0.2, 0.25) is 0 Å². The number of anilines is 2. The maximum atomic E-state index is 12.5. The summed E-state index contributed by atoms with van der Waals surface area (Å²) in [6.07, 6.45) is 0. The summed E-state index contributed by atoms with van der Waals surface area (Å²) in [5.41, 5.74) is 3.12. The molecule has 28 heavy (non-hydrogen) atoms. The molecule has 1 aliphatic heterocycles. The lowest BCUT2D eigenvalue weighted by Gasteiger charge is -2.36. The SMILES string of the molecule is CCN1CCN(c2ccccc2NC(=O)COc2cccc(C(C)C)c2)CC1. The molecular formula is C23H31N3O2. The fourth-order valence-electron chi connectivity index (χ4n) is 3.46. The number of rotatable bonds is 7. The molecule has 1 fully saturated rings. The van der Waals surface area contributed by atoms with Crippen LogP contribution in [-0.2, 0) is 4.79 Å². The number of nitrogens with zero attached hydrogens (tertiary/aromatic N) is 2. The molecule has 1 heterocycles. The standard InChI is InChI=1S/C23H31N3O2/c1-4-25-12-14-26(15-13-25)22-11-6-5-10-21(22)24-23(27)17-28-20-9-7-8-19(16-20)18(2)3/h5-11,16,18H,4,12-15,17H2,1-3H3,(H,24,27). The highest BCUT2D eigenvalue weighted by Crippen LogP contribution is 2.27. The predicted octanol–water partition coefficient (Wildman–Crippen LogP) is 3.97. The van der Waals surface area contributed by atoms with E-state index in [1.54, 1.807) is 0 Å². The lowest BCUT2D eigenvalue weighted by Crippen LogP contribution is -2.46. The van der Waals surface area contributed by atoms with Crippen molar-refractivity contribution in [2.45, 2.75) is 26.7 Å². The minimum atomic E-state index is -0.144. The summed E-state index contributed by atoms with van der Waals surface area (Å²) < 4.78 is 5.71. The molecule has 5 nitrogen and oxygen atoms in total. The first kappa shape index (κ1) is 20.2. The maximum absolute atomic E-state index is 12.5. The first-order chi connectivity index (χ1) is 13.6. The molecule has 0 radical (unpaired) electrons. The van der Waals surface area contributed by atoms with Crippen LogP contribution in [0, 0.1) is 0 Å². The minimum absolute atomic E-state index is 0.000501. The summed E-state index contributed by atoms with van der Waals surface area (Å²) in [6.45, 7) is 11.6. The quantitative estimate of drug-likeness (QED) is 0.788. The number of ether oxygens (including phenoxy) is 1. The van der Waals surface area contributed by atoms with E-state index in [9.17, 15) is 4.79 Å². The smallest absolute Gasteiger partial charge is 0.262 e. The molecule has 5 heteroatoms. The number of piperazine rings is 1. The third-order valence-electron chi connectivity index (χ3n) is 5.23. The van der Waals surface area contributed by atoms with Crippen molar-refractivity contribution in [3.05, 3.63) is 54.1 Å². The first-order valence-corrected chi connectivity index (χ1v) is 10.2. The number of carbonyl (C=O) groups is 1. The summed E-state index contributed by atoms with van der Waals surface area (Å²) in [4.78, 5) is 17.3. The van der Waals surface area contributed by atoms with Gasteiger partial charge in [-0.25, -0.2) is 0 Å². The number of hydrogen-bond donors (Lipinski definition) is 1. The van der Waals surface area contributed by atoms with E-state index in [0.29, 0.717) is 5.92 Å². The van der Waals surface area contributed by atoms with Crippen molar-refractivity contribution >= 4 is 17.3 Å². The van der Waals surface area contributed by atoms with Crippen LogP contribution >= 0.6 is 0 Å². The van der Waals surface area contributed by atoms with Crippen LogP contribution in [0.1, 0.15) is 32.3 Å². The number of likely N-dealkylation sites (N-methyl/N-ethyl adjacent to an activating group) is 1. The van der Waals surface area contributed by atoms with Gasteiger partial charge in [-0.2, -0.15) is 0 Å². The Morgan fingerprint density at radius 3 is 2.54 bits per heavy atom. The Kier molecular flexibility index (Phi) is 6.93. The molecule has 0 atom stereocenters. The fourth-order valence-corrected chi connectivity index (χ4v) is 3.46.